The van der Waals surface area contributed by atoms with Crippen molar-refractivity contribution >= 4 is 28.3 Å². The Morgan fingerprint density at radius 2 is 2.44 bits per heavy atom. The molecule has 5 N–H and O–H groups in total. The van der Waals surface area contributed by atoms with Crippen molar-refractivity contribution in [1.29, 1.82) is 0 Å². The van der Waals surface area contributed by atoms with Gasteiger partial charge in [0.05, 0.1) is 0 Å². The van der Waals surface area contributed by atoms with E-state index in [1.54, 1.807) is 19.4 Å². The molecule has 0 atom stereocenters. The number of nitrogens with zero attached hydrogens (tertiary/aromatic N) is 2. The number of amides is 1. The van der Waals surface area contributed by atoms with E-state index in [0.29, 0.717) is 17.1 Å². The highest BCUT2D eigenvalue weighted by Gasteiger charge is 2.17. The van der Waals surface area contributed by atoms with E-state index < -0.39 is 0 Å². The van der Waals surface area contributed by atoms with E-state index in [1.807, 2.05) is 0 Å². The number of nitrogens with one attached hydrogen (secondary N) is 3. The zero-order valence-corrected chi connectivity index (χ0v) is 10.7. The minimum absolute atomic E-state index is 0.234. The van der Waals surface area contributed by atoms with Crippen molar-refractivity contribution in [2.24, 2.45) is 0 Å². The van der Waals surface area contributed by atoms with Crippen LogP contribution in [0.15, 0.2) is 12.4 Å². The number of H-pyrrole nitrogens is 1. The number of aromatic amines is 1. The number of nitrogen functional groups attached to an aromatic ring is 1. The van der Waals surface area contributed by atoms with E-state index in [9.17, 15) is 4.79 Å². The molecule has 2 heterocycles. The van der Waals surface area contributed by atoms with Crippen LogP contribution >= 0.6 is 11.5 Å². The molecule has 0 bridgehead atoms. The third kappa shape index (κ3) is 2.59. The van der Waals surface area contributed by atoms with Crippen LogP contribution in [-0.2, 0) is 6.42 Å². The summed E-state index contributed by atoms with van der Waals surface area (Å²) in [6.45, 7) is 0.652. The van der Waals surface area contributed by atoms with Gasteiger partial charge in [0, 0.05) is 32.4 Å². The van der Waals surface area contributed by atoms with Gasteiger partial charge in [-0.3, -0.25) is 4.79 Å². The monoisotopic (exact) mass is 266 g/mol. The molecule has 2 aromatic rings. The number of rotatable bonds is 5. The Balaban J connectivity index is 1.99. The molecule has 18 heavy (non-hydrogen) atoms. The van der Waals surface area contributed by atoms with Crippen LogP contribution in [0.4, 0.5) is 10.8 Å². The SMILES string of the molecule is CNC(=O)c1c(N)nsc1NCCc1ncc[nH]1. The van der Waals surface area contributed by atoms with E-state index in [-0.39, 0.29) is 11.7 Å². The van der Waals surface area contributed by atoms with Gasteiger partial charge in [0.15, 0.2) is 5.82 Å². The van der Waals surface area contributed by atoms with Crippen LogP contribution in [0, 0.1) is 0 Å². The van der Waals surface area contributed by atoms with Gasteiger partial charge in [-0.15, -0.1) is 0 Å². The van der Waals surface area contributed by atoms with E-state index in [1.165, 1.54) is 11.5 Å². The molecule has 0 aromatic carbocycles. The van der Waals surface area contributed by atoms with Gasteiger partial charge >= 0.3 is 0 Å². The smallest absolute Gasteiger partial charge is 0.257 e. The molecule has 0 aliphatic heterocycles. The molecular weight excluding hydrogens is 252 g/mol. The summed E-state index contributed by atoms with van der Waals surface area (Å²) in [5.41, 5.74) is 6.07. The van der Waals surface area contributed by atoms with Gasteiger partial charge in [0.25, 0.3) is 5.91 Å². The standard InChI is InChI=1S/C10H14N6OS/c1-12-9(17)7-8(11)16-18-10(7)15-3-2-6-13-4-5-14-6/h4-5,15H,2-3H2,1H3,(H2,11,16)(H,12,17)(H,13,14). The second-order valence-electron chi connectivity index (χ2n) is 3.56. The van der Waals surface area contributed by atoms with Crippen LogP contribution in [-0.4, -0.2) is 33.8 Å². The van der Waals surface area contributed by atoms with E-state index in [0.717, 1.165) is 12.2 Å². The zero-order valence-electron chi connectivity index (χ0n) is 9.86. The first kappa shape index (κ1) is 12.4. The third-order valence-electron chi connectivity index (χ3n) is 2.37. The molecule has 0 spiro atoms. The fourth-order valence-electron chi connectivity index (χ4n) is 1.50. The van der Waals surface area contributed by atoms with Crippen LogP contribution in [0.1, 0.15) is 16.2 Å². The minimum Gasteiger partial charge on any atom is -0.382 e. The van der Waals surface area contributed by atoms with Crippen molar-refractivity contribution in [3.05, 3.63) is 23.8 Å². The Kier molecular flexibility index (Phi) is 3.78. The number of carbonyl (C=O) groups is 1. The van der Waals surface area contributed by atoms with Crippen molar-refractivity contribution in [1.82, 2.24) is 19.7 Å². The summed E-state index contributed by atoms with van der Waals surface area (Å²) in [6, 6.07) is 0. The second-order valence-corrected chi connectivity index (χ2v) is 4.34. The summed E-state index contributed by atoms with van der Waals surface area (Å²) < 4.78 is 3.97. The van der Waals surface area contributed by atoms with Gasteiger partial charge in [-0.1, -0.05) is 0 Å². The summed E-state index contributed by atoms with van der Waals surface area (Å²) in [5, 5.41) is 6.36. The van der Waals surface area contributed by atoms with Crippen molar-refractivity contribution < 1.29 is 4.79 Å². The Morgan fingerprint density at radius 3 is 3.11 bits per heavy atom. The average Bonchev–Trinajstić information content (AvgIpc) is 2.99. The van der Waals surface area contributed by atoms with E-state index in [4.69, 9.17) is 5.73 Å². The largest absolute Gasteiger partial charge is 0.382 e. The number of anilines is 2. The van der Waals surface area contributed by atoms with Crippen molar-refractivity contribution in [3.63, 3.8) is 0 Å². The number of imidazole rings is 1. The quantitative estimate of drug-likeness (QED) is 0.629. The Hall–Kier alpha value is -2.09. The van der Waals surface area contributed by atoms with Gasteiger partial charge in [-0.25, -0.2) is 4.98 Å². The number of hydrogen-bond acceptors (Lipinski definition) is 6. The lowest BCUT2D eigenvalue weighted by molar-refractivity contribution is 0.0965. The molecule has 0 fully saturated rings. The molecule has 0 aliphatic carbocycles. The molecule has 7 nitrogen and oxygen atoms in total. The lowest BCUT2D eigenvalue weighted by Gasteiger charge is -2.05. The summed E-state index contributed by atoms with van der Waals surface area (Å²) in [5.74, 6) is 0.906. The predicted octanol–water partition coefficient (Wildman–Crippen LogP) is 0.463. The third-order valence-corrected chi connectivity index (χ3v) is 3.19. The highest BCUT2D eigenvalue weighted by Crippen LogP contribution is 2.26. The highest BCUT2D eigenvalue weighted by atomic mass is 32.1. The molecule has 0 aliphatic rings. The molecule has 8 heteroatoms. The van der Waals surface area contributed by atoms with Crippen molar-refractivity contribution in [2.45, 2.75) is 6.42 Å². The Morgan fingerprint density at radius 1 is 1.61 bits per heavy atom. The fourth-order valence-corrected chi connectivity index (χ4v) is 2.23. The first-order valence-corrected chi connectivity index (χ1v) is 6.19. The van der Waals surface area contributed by atoms with Crippen LogP contribution in [0.3, 0.4) is 0 Å². The predicted molar refractivity (Wildman–Crippen MR) is 70.7 cm³/mol. The lowest BCUT2D eigenvalue weighted by atomic mass is 10.3. The minimum atomic E-state index is -0.234. The lowest BCUT2D eigenvalue weighted by Crippen LogP contribution is -2.20. The zero-order chi connectivity index (χ0) is 13.0. The second kappa shape index (κ2) is 5.50. The molecule has 0 saturated carbocycles. The number of aromatic nitrogens is 3. The van der Waals surface area contributed by atoms with Crippen LogP contribution < -0.4 is 16.4 Å². The number of carbonyl (C=O) groups excluding carboxylic acids is 1. The molecule has 1 amide bonds. The van der Waals surface area contributed by atoms with Crippen LogP contribution in [0.5, 0.6) is 0 Å². The van der Waals surface area contributed by atoms with Gasteiger partial charge in [0.2, 0.25) is 0 Å². The summed E-state index contributed by atoms with van der Waals surface area (Å²) >= 11 is 1.18. The Bertz CT molecular complexity index is 520. The molecule has 0 saturated heterocycles. The first-order chi connectivity index (χ1) is 8.72. The molecule has 96 valence electrons. The highest BCUT2D eigenvalue weighted by molar-refractivity contribution is 7.11. The number of hydrogen-bond donors (Lipinski definition) is 4. The maximum atomic E-state index is 11.6. The molecule has 0 unspecified atom stereocenters. The normalized spacial score (nSPS) is 10.3. The van der Waals surface area contributed by atoms with E-state index >= 15 is 0 Å². The topological polar surface area (TPSA) is 109 Å². The number of nitrogens with two attached hydrogens (primary N) is 1. The molecule has 2 rings (SSSR count). The first-order valence-electron chi connectivity index (χ1n) is 5.41. The van der Waals surface area contributed by atoms with Gasteiger partial charge in [0.1, 0.15) is 16.4 Å². The average molecular weight is 266 g/mol. The maximum absolute atomic E-state index is 11.6. The van der Waals surface area contributed by atoms with Gasteiger partial charge in [-0.05, 0) is 11.5 Å². The van der Waals surface area contributed by atoms with Gasteiger partial charge < -0.3 is 21.4 Å². The van der Waals surface area contributed by atoms with E-state index in [2.05, 4.69) is 25.0 Å². The summed E-state index contributed by atoms with van der Waals surface area (Å²) in [4.78, 5) is 18.7. The fraction of sp³-hybridized carbons (Fsp3) is 0.300. The van der Waals surface area contributed by atoms with Gasteiger partial charge in [-0.2, -0.15) is 4.37 Å². The summed E-state index contributed by atoms with van der Waals surface area (Å²) in [6.07, 6.45) is 4.21. The van der Waals surface area contributed by atoms with Crippen molar-refractivity contribution in [2.75, 3.05) is 24.6 Å². The van der Waals surface area contributed by atoms with Crippen molar-refractivity contribution in [3.8, 4) is 0 Å². The van der Waals surface area contributed by atoms with Crippen LogP contribution in [0.25, 0.3) is 0 Å². The molecular formula is C10H14N6OS. The molecule has 2 aromatic heterocycles. The Labute approximate surface area is 108 Å². The van der Waals surface area contributed by atoms with Crippen LogP contribution in [0.2, 0.25) is 0 Å². The maximum Gasteiger partial charge on any atom is 0.257 e. The summed E-state index contributed by atoms with van der Waals surface area (Å²) in [7, 11) is 1.56. The molecule has 0 radical (unpaired) electrons.